The normalized spacial score (nSPS) is 25.2. The Morgan fingerprint density at radius 3 is 3.04 bits per heavy atom. The Morgan fingerprint density at radius 1 is 1.28 bits per heavy atom. The molecule has 3 heterocycles. The zero-order chi connectivity index (χ0) is 17.1. The molecule has 0 bridgehead atoms. The van der Waals surface area contributed by atoms with Crippen LogP contribution in [0.25, 0.3) is 0 Å². The molecular formula is C19H27N3O3. The monoisotopic (exact) mass is 345 g/mol. The van der Waals surface area contributed by atoms with Gasteiger partial charge in [0, 0.05) is 38.2 Å². The van der Waals surface area contributed by atoms with Gasteiger partial charge in [-0.15, -0.1) is 0 Å². The summed E-state index contributed by atoms with van der Waals surface area (Å²) in [6, 6.07) is 6.14. The van der Waals surface area contributed by atoms with Gasteiger partial charge in [-0.25, -0.2) is 0 Å². The molecule has 1 N–H and O–H groups in total. The largest absolute Gasteiger partial charge is 0.454 e. The maximum atomic E-state index is 5.64. The molecule has 0 saturated carbocycles. The molecule has 6 heteroatoms. The summed E-state index contributed by atoms with van der Waals surface area (Å²) in [5, 5.41) is 3.45. The third kappa shape index (κ3) is 3.54. The van der Waals surface area contributed by atoms with Gasteiger partial charge in [-0.1, -0.05) is 6.07 Å². The predicted octanol–water partition coefficient (Wildman–Crippen LogP) is 2.04. The Hall–Kier alpha value is -1.95. The molecule has 0 aromatic heterocycles. The standard InChI is InChI=1S/C19H27N3O3/c1-2-20-18(22-9-6-19(12-22)7-10-23-13-19)21-8-5-15-3-4-16-17(11-15)25-14-24-16/h3-4,11H,2,5-10,12-14H2,1H3,(H,20,21). The molecule has 0 radical (unpaired) electrons. The zero-order valence-corrected chi connectivity index (χ0v) is 14.9. The number of nitrogens with one attached hydrogen (secondary N) is 1. The van der Waals surface area contributed by atoms with Gasteiger partial charge in [-0.3, -0.25) is 4.99 Å². The molecule has 25 heavy (non-hydrogen) atoms. The number of nitrogens with zero attached hydrogens (tertiary/aromatic N) is 2. The second-order valence-corrected chi connectivity index (χ2v) is 7.15. The molecule has 1 spiro atoms. The summed E-state index contributed by atoms with van der Waals surface area (Å²) >= 11 is 0. The van der Waals surface area contributed by atoms with Crippen molar-refractivity contribution in [2.75, 3.05) is 46.2 Å². The van der Waals surface area contributed by atoms with Crippen molar-refractivity contribution in [3.8, 4) is 11.5 Å². The highest BCUT2D eigenvalue weighted by atomic mass is 16.7. The van der Waals surface area contributed by atoms with E-state index in [1.807, 2.05) is 6.07 Å². The van der Waals surface area contributed by atoms with E-state index in [4.69, 9.17) is 19.2 Å². The molecule has 2 fully saturated rings. The second kappa shape index (κ2) is 7.12. The lowest BCUT2D eigenvalue weighted by molar-refractivity contribution is 0.156. The summed E-state index contributed by atoms with van der Waals surface area (Å²) in [7, 11) is 0. The molecule has 0 amide bonds. The summed E-state index contributed by atoms with van der Waals surface area (Å²) in [6.45, 7) is 8.04. The lowest BCUT2D eigenvalue weighted by Gasteiger charge is -2.25. The lowest BCUT2D eigenvalue weighted by atomic mass is 9.87. The smallest absolute Gasteiger partial charge is 0.231 e. The lowest BCUT2D eigenvalue weighted by Crippen LogP contribution is -2.41. The Kier molecular flexibility index (Phi) is 4.70. The Labute approximate surface area is 149 Å². The van der Waals surface area contributed by atoms with Gasteiger partial charge in [0.2, 0.25) is 6.79 Å². The highest BCUT2D eigenvalue weighted by molar-refractivity contribution is 5.80. The maximum Gasteiger partial charge on any atom is 0.231 e. The number of fused-ring (bicyclic) bond motifs is 1. The molecule has 1 aromatic carbocycles. The van der Waals surface area contributed by atoms with Crippen molar-refractivity contribution in [1.29, 1.82) is 0 Å². The average Bonchev–Trinajstić information content (AvgIpc) is 3.36. The summed E-state index contributed by atoms with van der Waals surface area (Å²) in [4.78, 5) is 7.26. The molecule has 0 aliphatic carbocycles. The second-order valence-electron chi connectivity index (χ2n) is 7.15. The first-order chi connectivity index (χ1) is 12.3. The van der Waals surface area contributed by atoms with Crippen LogP contribution in [0.3, 0.4) is 0 Å². The fraction of sp³-hybridized carbons (Fsp3) is 0.632. The van der Waals surface area contributed by atoms with Crippen LogP contribution in [0.5, 0.6) is 11.5 Å². The van der Waals surface area contributed by atoms with Gasteiger partial charge in [-0.05, 0) is 43.9 Å². The van der Waals surface area contributed by atoms with Crippen LogP contribution in [0.2, 0.25) is 0 Å². The summed E-state index contributed by atoms with van der Waals surface area (Å²) in [6.07, 6.45) is 3.29. The molecule has 4 rings (SSSR count). The number of guanidine groups is 1. The van der Waals surface area contributed by atoms with Gasteiger partial charge in [0.25, 0.3) is 0 Å². The van der Waals surface area contributed by atoms with Crippen LogP contribution in [0.15, 0.2) is 23.2 Å². The Morgan fingerprint density at radius 2 is 2.20 bits per heavy atom. The van der Waals surface area contributed by atoms with Crippen LogP contribution < -0.4 is 14.8 Å². The van der Waals surface area contributed by atoms with Crippen molar-refractivity contribution in [2.45, 2.75) is 26.2 Å². The van der Waals surface area contributed by atoms with Crippen molar-refractivity contribution in [3.05, 3.63) is 23.8 Å². The van der Waals surface area contributed by atoms with E-state index in [0.29, 0.717) is 12.2 Å². The maximum absolute atomic E-state index is 5.64. The predicted molar refractivity (Wildman–Crippen MR) is 96.3 cm³/mol. The molecule has 1 aromatic rings. The van der Waals surface area contributed by atoms with Crippen molar-refractivity contribution in [3.63, 3.8) is 0 Å². The van der Waals surface area contributed by atoms with E-state index in [-0.39, 0.29) is 0 Å². The van der Waals surface area contributed by atoms with E-state index >= 15 is 0 Å². The van der Waals surface area contributed by atoms with Gasteiger partial charge in [0.05, 0.1) is 6.61 Å². The van der Waals surface area contributed by atoms with E-state index in [1.54, 1.807) is 0 Å². The molecule has 3 aliphatic heterocycles. The number of aliphatic imine (C=N–C) groups is 1. The van der Waals surface area contributed by atoms with Gasteiger partial charge in [-0.2, -0.15) is 0 Å². The number of rotatable bonds is 4. The first-order valence-electron chi connectivity index (χ1n) is 9.28. The molecular weight excluding hydrogens is 318 g/mol. The summed E-state index contributed by atoms with van der Waals surface area (Å²) in [5.74, 6) is 2.71. The SMILES string of the molecule is CCNC(=NCCc1ccc2c(c1)OCO2)N1CCC2(CCOC2)C1. The van der Waals surface area contributed by atoms with E-state index in [2.05, 4.69) is 29.3 Å². The van der Waals surface area contributed by atoms with Crippen LogP contribution in [0.1, 0.15) is 25.3 Å². The van der Waals surface area contributed by atoms with Crippen molar-refractivity contribution in [2.24, 2.45) is 10.4 Å². The highest BCUT2D eigenvalue weighted by Gasteiger charge is 2.42. The van der Waals surface area contributed by atoms with Gasteiger partial charge >= 0.3 is 0 Å². The number of ether oxygens (including phenoxy) is 3. The van der Waals surface area contributed by atoms with Gasteiger partial charge in [0.15, 0.2) is 17.5 Å². The molecule has 1 unspecified atom stereocenters. The van der Waals surface area contributed by atoms with Gasteiger partial charge in [0.1, 0.15) is 0 Å². The summed E-state index contributed by atoms with van der Waals surface area (Å²) < 4.78 is 16.5. The molecule has 2 saturated heterocycles. The minimum atomic E-state index is 0.321. The third-order valence-electron chi connectivity index (χ3n) is 5.36. The number of likely N-dealkylation sites (tertiary alicyclic amines) is 1. The van der Waals surface area contributed by atoms with Crippen LogP contribution in [-0.4, -0.2) is 57.0 Å². The molecule has 6 nitrogen and oxygen atoms in total. The van der Waals surface area contributed by atoms with Crippen molar-refractivity contribution >= 4 is 5.96 Å². The minimum Gasteiger partial charge on any atom is -0.454 e. The highest BCUT2D eigenvalue weighted by Crippen LogP contribution is 2.38. The first-order valence-corrected chi connectivity index (χ1v) is 9.28. The van der Waals surface area contributed by atoms with E-state index in [1.165, 1.54) is 18.4 Å². The van der Waals surface area contributed by atoms with Crippen LogP contribution in [0.4, 0.5) is 0 Å². The van der Waals surface area contributed by atoms with Crippen LogP contribution >= 0.6 is 0 Å². The minimum absolute atomic E-state index is 0.321. The number of hydrogen-bond acceptors (Lipinski definition) is 4. The van der Waals surface area contributed by atoms with Crippen LogP contribution in [0, 0.1) is 5.41 Å². The third-order valence-corrected chi connectivity index (χ3v) is 5.36. The first kappa shape index (κ1) is 16.5. The number of hydrogen-bond donors (Lipinski definition) is 1. The fourth-order valence-electron chi connectivity index (χ4n) is 3.90. The summed E-state index contributed by atoms with van der Waals surface area (Å²) in [5.41, 5.74) is 1.58. The average molecular weight is 345 g/mol. The zero-order valence-electron chi connectivity index (χ0n) is 14.9. The molecule has 136 valence electrons. The fourth-order valence-corrected chi connectivity index (χ4v) is 3.90. The van der Waals surface area contributed by atoms with Crippen molar-refractivity contribution in [1.82, 2.24) is 10.2 Å². The Balaban J connectivity index is 1.37. The number of benzene rings is 1. The quantitative estimate of drug-likeness (QED) is 0.668. The van der Waals surface area contributed by atoms with E-state index in [9.17, 15) is 0 Å². The van der Waals surface area contributed by atoms with E-state index < -0.39 is 0 Å². The Bertz CT molecular complexity index is 641. The topological polar surface area (TPSA) is 55.3 Å². The van der Waals surface area contributed by atoms with Crippen molar-refractivity contribution < 1.29 is 14.2 Å². The van der Waals surface area contributed by atoms with Gasteiger partial charge < -0.3 is 24.4 Å². The van der Waals surface area contributed by atoms with Crippen LogP contribution in [-0.2, 0) is 11.2 Å². The molecule has 3 aliphatic rings. The van der Waals surface area contributed by atoms with E-state index in [0.717, 1.165) is 63.3 Å². The molecule has 1 atom stereocenters.